The first-order valence-electron chi connectivity index (χ1n) is 6.75. The molecule has 2 atom stereocenters. The first-order chi connectivity index (χ1) is 8.29. The van der Waals surface area contributed by atoms with E-state index in [1.165, 1.54) is 24.8 Å². The van der Waals surface area contributed by atoms with Crippen LogP contribution in [0, 0.1) is 0 Å². The minimum absolute atomic E-state index is 0.487. The zero-order chi connectivity index (χ0) is 12.1. The Kier molecular flexibility index (Phi) is 4.37. The molecule has 0 saturated carbocycles. The Labute approximate surface area is 104 Å². The van der Waals surface area contributed by atoms with Crippen molar-refractivity contribution in [1.29, 1.82) is 0 Å². The Hall–Kier alpha value is -1.09. The second-order valence-corrected chi connectivity index (χ2v) is 4.93. The third kappa shape index (κ3) is 3.43. The minimum Gasteiger partial charge on any atom is -0.368 e. The fourth-order valence-corrected chi connectivity index (χ4v) is 2.19. The summed E-state index contributed by atoms with van der Waals surface area (Å²) in [7, 11) is 0. The molecule has 0 bridgehead atoms. The standard InChI is InChI=1S/C14H23N3/c1-3-11(2)17-14-8-7-12(10-16-14)13-6-4-5-9-15-13/h7-8,10-11,13,15H,3-6,9H2,1-2H3,(H,16,17)/t11-,13+/m0/s1. The van der Waals surface area contributed by atoms with Gasteiger partial charge in [-0.2, -0.15) is 0 Å². The Balaban J connectivity index is 1.97. The van der Waals surface area contributed by atoms with Gasteiger partial charge in [-0.25, -0.2) is 4.98 Å². The number of anilines is 1. The van der Waals surface area contributed by atoms with E-state index >= 15 is 0 Å². The van der Waals surface area contributed by atoms with Crippen LogP contribution in [0.2, 0.25) is 0 Å². The van der Waals surface area contributed by atoms with E-state index in [-0.39, 0.29) is 0 Å². The molecular weight excluding hydrogens is 210 g/mol. The SMILES string of the molecule is CC[C@H](C)Nc1ccc([C@H]2CCCCN2)cn1. The number of rotatable bonds is 4. The number of pyridine rings is 1. The van der Waals surface area contributed by atoms with Crippen molar-refractivity contribution in [2.75, 3.05) is 11.9 Å². The summed E-state index contributed by atoms with van der Waals surface area (Å²) in [6.45, 7) is 5.49. The molecule has 1 aromatic rings. The normalized spacial score (nSPS) is 22.1. The van der Waals surface area contributed by atoms with Crippen molar-refractivity contribution in [2.45, 2.75) is 51.6 Å². The van der Waals surface area contributed by atoms with Crippen LogP contribution >= 0.6 is 0 Å². The van der Waals surface area contributed by atoms with Crippen LogP contribution in [0.25, 0.3) is 0 Å². The van der Waals surface area contributed by atoms with Gasteiger partial charge in [0.2, 0.25) is 0 Å². The summed E-state index contributed by atoms with van der Waals surface area (Å²) in [6.07, 6.45) is 6.99. The first-order valence-corrected chi connectivity index (χ1v) is 6.75. The van der Waals surface area contributed by atoms with E-state index in [2.05, 4.69) is 41.6 Å². The molecular formula is C14H23N3. The zero-order valence-corrected chi connectivity index (χ0v) is 10.9. The molecule has 17 heavy (non-hydrogen) atoms. The summed E-state index contributed by atoms with van der Waals surface area (Å²) in [5, 5.41) is 6.94. The lowest BCUT2D eigenvalue weighted by atomic mass is 9.99. The molecule has 1 aromatic heterocycles. The lowest BCUT2D eigenvalue weighted by Crippen LogP contribution is -2.26. The molecule has 0 spiro atoms. The lowest BCUT2D eigenvalue weighted by Gasteiger charge is -2.23. The van der Waals surface area contributed by atoms with Gasteiger partial charge in [0.15, 0.2) is 0 Å². The number of hydrogen-bond acceptors (Lipinski definition) is 3. The third-order valence-corrected chi connectivity index (χ3v) is 3.51. The molecule has 1 saturated heterocycles. The van der Waals surface area contributed by atoms with Crippen LogP contribution in [0.1, 0.15) is 51.1 Å². The first kappa shape index (κ1) is 12.4. The van der Waals surface area contributed by atoms with Crippen LogP contribution in [-0.2, 0) is 0 Å². The van der Waals surface area contributed by atoms with Gasteiger partial charge in [0.05, 0.1) is 0 Å². The molecule has 1 fully saturated rings. The predicted molar refractivity (Wildman–Crippen MR) is 72.2 cm³/mol. The average Bonchev–Trinajstić information content (AvgIpc) is 2.40. The molecule has 3 heteroatoms. The molecule has 0 amide bonds. The van der Waals surface area contributed by atoms with Crippen LogP contribution in [0.4, 0.5) is 5.82 Å². The largest absolute Gasteiger partial charge is 0.368 e. The fraction of sp³-hybridized carbons (Fsp3) is 0.643. The van der Waals surface area contributed by atoms with Crippen molar-refractivity contribution in [1.82, 2.24) is 10.3 Å². The average molecular weight is 233 g/mol. The van der Waals surface area contributed by atoms with Crippen LogP contribution in [-0.4, -0.2) is 17.6 Å². The number of aromatic nitrogens is 1. The van der Waals surface area contributed by atoms with Crippen LogP contribution < -0.4 is 10.6 Å². The number of nitrogens with one attached hydrogen (secondary N) is 2. The number of hydrogen-bond donors (Lipinski definition) is 2. The van der Waals surface area contributed by atoms with E-state index in [9.17, 15) is 0 Å². The summed E-state index contributed by atoms with van der Waals surface area (Å²) in [6, 6.07) is 5.29. The molecule has 94 valence electrons. The van der Waals surface area contributed by atoms with Gasteiger partial charge in [-0.15, -0.1) is 0 Å². The molecule has 0 unspecified atom stereocenters. The highest BCUT2D eigenvalue weighted by Crippen LogP contribution is 2.22. The molecule has 2 rings (SSSR count). The molecule has 2 N–H and O–H groups in total. The van der Waals surface area contributed by atoms with Crippen molar-refractivity contribution in [3.63, 3.8) is 0 Å². The smallest absolute Gasteiger partial charge is 0.126 e. The van der Waals surface area contributed by atoms with Crippen molar-refractivity contribution < 1.29 is 0 Å². The van der Waals surface area contributed by atoms with E-state index in [0.29, 0.717) is 12.1 Å². The van der Waals surface area contributed by atoms with Gasteiger partial charge in [-0.05, 0) is 44.4 Å². The third-order valence-electron chi connectivity index (χ3n) is 3.51. The van der Waals surface area contributed by atoms with E-state index < -0.39 is 0 Å². The summed E-state index contributed by atoms with van der Waals surface area (Å²) < 4.78 is 0. The molecule has 3 nitrogen and oxygen atoms in total. The summed E-state index contributed by atoms with van der Waals surface area (Å²) >= 11 is 0. The maximum absolute atomic E-state index is 4.49. The second kappa shape index (κ2) is 6.01. The van der Waals surface area contributed by atoms with E-state index in [1.807, 2.05) is 6.20 Å². The quantitative estimate of drug-likeness (QED) is 0.839. The van der Waals surface area contributed by atoms with Crippen LogP contribution in [0.15, 0.2) is 18.3 Å². The van der Waals surface area contributed by atoms with Gasteiger partial charge < -0.3 is 10.6 Å². The number of piperidine rings is 1. The van der Waals surface area contributed by atoms with E-state index in [0.717, 1.165) is 18.8 Å². The molecule has 0 aliphatic carbocycles. The van der Waals surface area contributed by atoms with Crippen molar-refractivity contribution in [2.24, 2.45) is 0 Å². The predicted octanol–water partition coefficient (Wildman–Crippen LogP) is 3.11. The maximum Gasteiger partial charge on any atom is 0.126 e. The lowest BCUT2D eigenvalue weighted by molar-refractivity contribution is 0.411. The highest BCUT2D eigenvalue weighted by Gasteiger charge is 2.14. The summed E-state index contributed by atoms with van der Waals surface area (Å²) in [5.74, 6) is 0.985. The van der Waals surface area contributed by atoms with E-state index in [4.69, 9.17) is 0 Å². The van der Waals surface area contributed by atoms with Gasteiger partial charge in [-0.3, -0.25) is 0 Å². The van der Waals surface area contributed by atoms with Crippen molar-refractivity contribution in [3.05, 3.63) is 23.9 Å². The molecule has 0 radical (unpaired) electrons. The van der Waals surface area contributed by atoms with Gasteiger partial charge in [-0.1, -0.05) is 19.4 Å². The van der Waals surface area contributed by atoms with Gasteiger partial charge in [0.25, 0.3) is 0 Å². The molecule has 2 heterocycles. The highest BCUT2D eigenvalue weighted by atomic mass is 15.0. The summed E-state index contributed by atoms with van der Waals surface area (Å²) in [5.41, 5.74) is 1.32. The van der Waals surface area contributed by atoms with Crippen molar-refractivity contribution >= 4 is 5.82 Å². The molecule has 1 aliphatic rings. The molecule has 1 aliphatic heterocycles. The summed E-state index contributed by atoms with van der Waals surface area (Å²) in [4.78, 5) is 4.49. The number of nitrogens with zero attached hydrogens (tertiary/aromatic N) is 1. The van der Waals surface area contributed by atoms with Gasteiger partial charge in [0.1, 0.15) is 5.82 Å². The van der Waals surface area contributed by atoms with Gasteiger partial charge >= 0.3 is 0 Å². The van der Waals surface area contributed by atoms with Gasteiger partial charge in [0, 0.05) is 18.3 Å². The van der Waals surface area contributed by atoms with Crippen LogP contribution in [0.3, 0.4) is 0 Å². The van der Waals surface area contributed by atoms with Crippen LogP contribution in [0.5, 0.6) is 0 Å². The monoisotopic (exact) mass is 233 g/mol. The van der Waals surface area contributed by atoms with Crippen molar-refractivity contribution in [3.8, 4) is 0 Å². The molecule has 0 aromatic carbocycles. The van der Waals surface area contributed by atoms with E-state index in [1.54, 1.807) is 0 Å². The zero-order valence-electron chi connectivity index (χ0n) is 10.9. The second-order valence-electron chi connectivity index (χ2n) is 4.93. The minimum atomic E-state index is 0.487. The Morgan fingerprint density at radius 3 is 2.94 bits per heavy atom. The topological polar surface area (TPSA) is 37.0 Å². The Morgan fingerprint density at radius 2 is 2.35 bits per heavy atom. The highest BCUT2D eigenvalue weighted by molar-refractivity contribution is 5.37. The Bertz CT molecular complexity index is 328. The Morgan fingerprint density at radius 1 is 1.47 bits per heavy atom. The maximum atomic E-state index is 4.49. The fourth-order valence-electron chi connectivity index (χ4n) is 2.19.